The summed E-state index contributed by atoms with van der Waals surface area (Å²) in [6.45, 7) is 0. The summed E-state index contributed by atoms with van der Waals surface area (Å²) in [5.41, 5.74) is -0.271. The van der Waals surface area contributed by atoms with Crippen LogP contribution in [-0.2, 0) is 4.57 Å². The zero-order chi connectivity index (χ0) is 24.0. The molecular formula is C22H19O10P. The number of benzene rings is 3. The highest BCUT2D eigenvalue weighted by atomic mass is 31.2. The number of methoxy groups -OCH3 is 2. The standard InChI is InChI=1S/C22H19O10P/c1-28-21-17(25)10-8-14(12-23)19(21)31-33(27,30-16-6-4-3-5-7-16)32-20-15(13-24)9-11-18(26)22(20)29-2/h3-13,25-26H,1-2H3. The molecule has 33 heavy (non-hydrogen) atoms. The predicted octanol–water partition coefficient (Wildman–Crippen LogP) is 4.38. The van der Waals surface area contributed by atoms with Crippen molar-refractivity contribution < 1.29 is 47.4 Å². The van der Waals surface area contributed by atoms with E-state index in [0.717, 1.165) is 0 Å². The molecule has 0 aromatic heterocycles. The molecule has 0 saturated heterocycles. The summed E-state index contributed by atoms with van der Waals surface area (Å²) in [6, 6.07) is 12.6. The summed E-state index contributed by atoms with van der Waals surface area (Å²) in [5.74, 6) is -2.24. The second-order valence-electron chi connectivity index (χ2n) is 6.34. The quantitative estimate of drug-likeness (QED) is 0.321. The Kier molecular flexibility index (Phi) is 7.10. The summed E-state index contributed by atoms with van der Waals surface area (Å²) >= 11 is 0. The van der Waals surface area contributed by atoms with Crippen LogP contribution in [0.1, 0.15) is 20.7 Å². The second kappa shape index (κ2) is 9.97. The van der Waals surface area contributed by atoms with Gasteiger partial charge in [-0.25, -0.2) is 0 Å². The van der Waals surface area contributed by atoms with Crippen LogP contribution >= 0.6 is 7.82 Å². The molecule has 0 spiro atoms. The number of phosphoric ester groups is 1. The molecular weight excluding hydrogens is 455 g/mol. The third-order valence-electron chi connectivity index (χ3n) is 4.27. The molecule has 0 fully saturated rings. The molecule has 0 aliphatic heterocycles. The fraction of sp³-hybridized carbons (Fsp3) is 0.0909. The van der Waals surface area contributed by atoms with Crippen LogP contribution in [0.5, 0.6) is 40.2 Å². The Morgan fingerprint density at radius 3 is 1.52 bits per heavy atom. The van der Waals surface area contributed by atoms with Crippen molar-refractivity contribution in [3.8, 4) is 40.2 Å². The number of carbonyl (C=O) groups excluding carboxylic acids is 2. The summed E-state index contributed by atoms with van der Waals surface area (Å²) < 4.78 is 40.5. The topological polar surface area (TPSA) is 138 Å². The van der Waals surface area contributed by atoms with Crippen LogP contribution in [-0.4, -0.2) is 37.0 Å². The third kappa shape index (κ3) is 5.02. The number of phenols is 2. The van der Waals surface area contributed by atoms with Crippen molar-refractivity contribution in [3.05, 3.63) is 65.7 Å². The summed E-state index contributed by atoms with van der Waals surface area (Å²) in [6.07, 6.45) is 0.770. The molecule has 0 amide bonds. The largest absolute Gasteiger partial charge is 0.647 e. The fourth-order valence-corrected chi connectivity index (χ4v) is 4.11. The Morgan fingerprint density at radius 2 is 1.12 bits per heavy atom. The van der Waals surface area contributed by atoms with E-state index in [2.05, 4.69) is 0 Å². The lowest BCUT2D eigenvalue weighted by Gasteiger charge is -2.23. The van der Waals surface area contributed by atoms with Gasteiger partial charge in [-0.3, -0.25) is 9.59 Å². The van der Waals surface area contributed by atoms with E-state index < -0.39 is 30.8 Å². The molecule has 0 atom stereocenters. The maximum absolute atomic E-state index is 13.8. The number of rotatable bonds is 10. The Balaban J connectivity index is 2.17. The van der Waals surface area contributed by atoms with Gasteiger partial charge in [-0.1, -0.05) is 18.2 Å². The van der Waals surface area contributed by atoms with Crippen molar-refractivity contribution in [2.75, 3.05) is 14.2 Å². The molecule has 0 radical (unpaired) electrons. The molecule has 0 heterocycles. The smallest absolute Gasteiger partial charge is 0.504 e. The van der Waals surface area contributed by atoms with Crippen LogP contribution in [0, 0.1) is 0 Å². The number of hydrogen-bond acceptors (Lipinski definition) is 10. The van der Waals surface area contributed by atoms with Crippen LogP contribution in [0.3, 0.4) is 0 Å². The van der Waals surface area contributed by atoms with Gasteiger partial charge < -0.3 is 33.3 Å². The number of phosphoric acid groups is 1. The SMILES string of the molecule is COc1c(O)ccc(C=O)c1OP(=O)(Oc1ccccc1)Oc1c(C=O)ccc(O)c1OC. The van der Waals surface area contributed by atoms with Gasteiger partial charge in [-0.15, -0.1) is 0 Å². The van der Waals surface area contributed by atoms with Gasteiger partial charge in [0, 0.05) is 0 Å². The van der Waals surface area contributed by atoms with E-state index in [4.69, 9.17) is 23.0 Å². The molecule has 10 nitrogen and oxygen atoms in total. The maximum Gasteiger partial charge on any atom is 0.647 e. The Morgan fingerprint density at radius 1 is 0.667 bits per heavy atom. The fourth-order valence-electron chi connectivity index (χ4n) is 2.79. The summed E-state index contributed by atoms with van der Waals surface area (Å²) in [5, 5.41) is 20.2. The second-order valence-corrected chi connectivity index (χ2v) is 7.78. The number of carbonyl (C=O) groups is 2. The molecule has 3 aromatic rings. The van der Waals surface area contributed by atoms with Gasteiger partial charge in [-0.2, -0.15) is 4.57 Å². The van der Waals surface area contributed by atoms with Gasteiger partial charge in [0.2, 0.25) is 11.5 Å². The van der Waals surface area contributed by atoms with Gasteiger partial charge >= 0.3 is 7.82 Å². The maximum atomic E-state index is 13.8. The molecule has 3 rings (SSSR count). The number of hydrogen-bond donors (Lipinski definition) is 2. The van der Waals surface area contributed by atoms with Crippen LogP contribution in [0.2, 0.25) is 0 Å². The van der Waals surface area contributed by atoms with Gasteiger partial charge in [0.1, 0.15) is 5.75 Å². The Bertz CT molecular complexity index is 1140. The highest BCUT2D eigenvalue weighted by Crippen LogP contribution is 2.56. The van der Waals surface area contributed by atoms with E-state index >= 15 is 0 Å². The van der Waals surface area contributed by atoms with Crippen LogP contribution in [0.25, 0.3) is 0 Å². The molecule has 0 unspecified atom stereocenters. The monoisotopic (exact) mass is 474 g/mol. The lowest BCUT2D eigenvalue weighted by Crippen LogP contribution is -2.11. The lowest BCUT2D eigenvalue weighted by molar-refractivity contribution is 0.111. The molecule has 2 N–H and O–H groups in total. The molecule has 0 aliphatic carbocycles. The summed E-state index contributed by atoms with van der Waals surface area (Å²) in [7, 11) is -2.39. The first-order valence-electron chi connectivity index (χ1n) is 9.30. The van der Waals surface area contributed by atoms with Crippen molar-refractivity contribution in [1.29, 1.82) is 0 Å². The number of phenolic OH excluding ortho intramolecular Hbond substituents is 2. The van der Waals surface area contributed by atoms with Crippen molar-refractivity contribution >= 4 is 20.4 Å². The van der Waals surface area contributed by atoms with Crippen LogP contribution in [0.4, 0.5) is 0 Å². The normalized spacial score (nSPS) is 10.7. The molecule has 0 bridgehead atoms. The van der Waals surface area contributed by atoms with Gasteiger partial charge in [-0.05, 0) is 36.4 Å². The van der Waals surface area contributed by atoms with Gasteiger partial charge in [0.05, 0.1) is 25.3 Å². The molecule has 0 aliphatic rings. The summed E-state index contributed by atoms with van der Waals surface area (Å²) in [4.78, 5) is 23.1. The Hall–Kier alpha value is -4.17. The van der Waals surface area contributed by atoms with Crippen molar-refractivity contribution in [2.24, 2.45) is 0 Å². The third-order valence-corrected chi connectivity index (χ3v) is 5.52. The molecule has 172 valence electrons. The van der Waals surface area contributed by atoms with Crippen LogP contribution < -0.4 is 23.0 Å². The highest BCUT2D eigenvalue weighted by Gasteiger charge is 2.38. The highest BCUT2D eigenvalue weighted by molar-refractivity contribution is 7.49. The van der Waals surface area contributed by atoms with Crippen LogP contribution in [0.15, 0.2) is 54.6 Å². The average Bonchev–Trinajstić information content (AvgIpc) is 2.80. The van der Waals surface area contributed by atoms with Gasteiger partial charge in [0.25, 0.3) is 0 Å². The van der Waals surface area contributed by atoms with E-state index in [1.807, 2.05) is 0 Å². The van der Waals surface area contributed by atoms with E-state index in [1.54, 1.807) is 18.2 Å². The number of ether oxygens (including phenoxy) is 2. The average molecular weight is 474 g/mol. The minimum absolute atomic E-state index is 0.0550. The molecule has 3 aromatic carbocycles. The zero-order valence-corrected chi connectivity index (χ0v) is 18.4. The minimum atomic E-state index is -4.79. The number of para-hydroxylation sites is 1. The van der Waals surface area contributed by atoms with E-state index in [9.17, 15) is 24.4 Å². The lowest BCUT2D eigenvalue weighted by atomic mass is 10.2. The first-order valence-corrected chi connectivity index (χ1v) is 10.8. The van der Waals surface area contributed by atoms with E-state index in [0.29, 0.717) is 12.6 Å². The minimum Gasteiger partial charge on any atom is -0.504 e. The number of aromatic hydroxyl groups is 2. The predicted molar refractivity (Wildman–Crippen MR) is 116 cm³/mol. The first-order chi connectivity index (χ1) is 15.9. The number of aldehydes is 2. The van der Waals surface area contributed by atoms with Gasteiger partial charge in [0.15, 0.2) is 35.6 Å². The first kappa shape index (κ1) is 23.5. The Labute approximate surface area is 188 Å². The van der Waals surface area contributed by atoms with Crippen molar-refractivity contribution in [1.82, 2.24) is 0 Å². The molecule has 11 heteroatoms. The molecule has 0 saturated carbocycles. The zero-order valence-electron chi connectivity index (χ0n) is 17.5. The van der Waals surface area contributed by atoms with E-state index in [1.165, 1.54) is 50.6 Å². The van der Waals surface area contributed by atoms with Crippen molar-refractivity contribution in [2.45, 2.75) is 0 Å². The van der Waals surface area contributed by atoms with Crippen molar-refractivity contribution in [3.63, 3.8) is 0 Å². The van der Waals surface area contributed by atoms with E-state index in [-0.39, 0.29) is 28.4 Å².